The molecule has 5 atom stereocenters. The summed E-state index contributed by atoms with van der Waals surface area (Å²) in [6.45, 7) is 2.21. The van der Waals surface area contributed by atoms with E-state index >= 15 is 0 Å². The fraction of sp³-hybridized carbons (Fsp3) is 1.00. The third kappa shape index (κ3) is 3.87. The van der Waals surface area contributed by atoms with E-state index in [2.05, 4.69) is 6.92 Å². The zero-order valence-corrected chi connectivity index (χ0v) is 10.2. The van der Waals surface area contributed by atoms with Crippen molar-refractivity contribution in [3.8, 4) is 0 Å². The van der Waals surface area contributed by atoms with Crippen molar-refractivity contribution in [2.45, 2.75) is 56.8 Å². The Hall–Kier alpha value is -0.240. The van der Waals surface area contributed by atoms with Crippen molar-refractivity contribution in [2.75, 3.05) is 13.2 Å². The highest BCUT2D eigenvalue weighted by Crippen LogP contribution is 2.20. The van der Waals surface area contributed by atoms with Crippen LogP contribution in [0.15, 0.2) is 0 Å². The van der Waals surface area contributed by atoms with Crippen molar-refractivity contribution in [2.24, 2.45) is 5.73 Å². The van der Waals surface area contributed by atoms with E-state index in [0.29, 0.717) is 6.61 Å². The second-order valence-corrected chi connectivity index (χ2v) is 4.36. The van der Waals surface area contributed by atoms with Gasteiger partial charge in [0.05, 0.1) is 12.6 Å². The van der Waals surface area contributed by atoms with Gasteiger partial charge in [-0.3, -0.25) is 0 Å². The summed E-state index contributed by atoms with van der Waals surface area (Å²) in [4.78, 5) is 0. The zero-order chi connectivity index (χ0) is 12.8. The van der Waals surface area contributed by atoms with Crippen LogP contribution < -0.4 is 5.73 Å². The number of hydrogen-bond acceptors (Lipinski definition) is 6. The fourth-order valence-corrected chi connectivity index (χ4v) is 1.81. The van der Waals surface area contributed by atoms with E-state index in [1.54, 1.807) is 0 Å². The van der Waals surface area contributed by atoms with Crippen LogP contribution in [-0.2, 0) is 9.47 Å². The smallest absolute Gasteiger partial charge is 0.175 e. The molecule has 0 aromatic carbocycles. The molecule has 102 valence electrons. The maximum Gasteiger partial charge on any atom is 0.175 e. The molecule has 0 radical (unpaired) electrons. The molecule has 0 aliphatic carbocycles. The van der Waals surface area contributed by atoms with Crippen molar-refractivity contribution in [3.05, 3.63) is 0 Å². The predicted octanol–water partition coefficient (Wildman–Crippen LogP) is -1.04. The maximum absolute atomic E-state index is 9.67. The average Bonchev–Trinajstić information content (AvgIpc) is 2.34. The van der Waals surface area contributed by atoms with Gasteiger partial charge >= 0.3 is 0 Å². The summed E-state index contributed by atoms with van der Waals surface area (Å²) >= 11 is 0. The molecule has 1 fully saturated rings. The summed E-state index contributed by atoms with van der Waals surface area (Å²) in [5.41, 5.74) is 5.70. The Morgan fingerprint density at radius 1 is 1.24 bits per heavy atom. The number of aliphatic hydroxyl groups is 3. The molecule has 1 aliphatic rings. The SMILES string of the molecule is CCCCCO[C@@H]1O[C@H](CO)[C@@H](O)[C@H](O)[C@H]1N. The molecule has 1 aliphatic heterocycles. The van der Waals surface area contributed by atoms with Crippen LogP contribution in [0.2, 0.25) is 0 Å². The highest BCUT2D eigenvalue weighted by Gasteiger charge is 2.42. The zero-order valence-electron chi connectivity index (χ0n) is 10.2. The third-order valence-electron chi connectivity index (χ3n) is 2.96. The Bertz CT molecular complexity index is 214. The van der Waals surface area contributed by atoms with Crippen LogP contribution in [0.1, 0.15) is 26.2 Å². The van der Waals surface area contributed by atoms with Crippen LogP contribution in [0.4, 0.5) is 0 Å². The van der Waals surface area contributed by atoms with E-state index in [-0.39, 0.29) is 6.61 Å². The molecule has 5 N–H and O–H groups in total. The molecule has 1 saturated heterocycles. The van der Waals surface area contributed by atoms with Gasteiger partial charge in [0.25, 0.3) is 0 Å². The Morgan fingerprint density at radius 3 is 2.53 bits per heavy atom. The Morgan fingerprint density at radius 2 is 1.94 bits per heavy atom. The van der Waals surface area contributed by atoms with Gasteiger partial charge in [0.1, 0.15) is 18.3 Å². The van der Waals surface area contributed by atoms with Gasteiger partial charge in [-0.15, -0.1) is 0 Å². The fourth-order valence-electron chi connectivity index (χ4n) is 1.81. The van der Waals surface area contributed by atoms with Crippen LogP contribution >= 0.6 is 0 Å². The number of rotatable bonds is 6. The molecule has 0 saturated carbocycles. The van der Waals surface area contributed by atoms with E-state index in [9.17, 15) is 10.2 Å². The summed E-state index contributed by atoms with van der Waals surface area (Å²) in [5.74, 6) is 0. The molecule has 6 nitrogen and oxygen atoms in total. The maximum atomic E-state index is 9.67. The van der Waals surface area contributed by atoms with Crippen LogP contribution in [0.5, 0.6) is 0 Å². The monoisotopic (exact) mass is 249 g/mol. The van der Waals surface area contributed by atoms with Gasteiger partial charge in [-0.25, -0.2) is 0 Å². The van der Waals surface area contributed by atoms with Crippen molar-refractivity contribution in [3.63, 3.8) is 0 Å². The van der Waals surface area contributed by atoms with Crippen molar-refractivity contribution < 1.29 is 24.8 Å². The molecule has 0 aromatic rings. The highest BCUT2D eigenvalue weighted by molar-refractivity contribution is 4.91. The Kier molecular flexibility index (Phi) is 6.32. The standard InChI is InChI=1S/C11H23NO5/c1-2-3-4-5-16-11-8(12)10(15)9(14)7(6-13)17-11/h7-11,13-15H,2-6,12H2,1H3/t7-,8-,9-,10-,11-/m1/s1. The van der Waals surface area contributed by atoms with Crippen LogP contribution in [0, 0.1) is 0 Å². The lowest BCUT2D eigenvalue weighted by Crippen LogP contribution is -2.62. The molecule has 0 bridgehead atoms. The Labute approximate surface area is 101 Å². The van der Waals surface area contributed by atoms with E-state index in [0.717, 1.165) is 19.3 Å². The summed E-state index contributed by atoms with van der Waals surface area (Å²) in [7, 11) is 0. The highest BCUT2D eigenvalue weighted by atomic mass is 16.7. The molecule has 17 heavy (non-hydrogen) atoms. The summed E-state index contributed by atoms with van der Waals surface area (Å²) in [5, 5.41) is 28.2. The first-order valence-electron chi connectivity index (χ1n) is 6.11. The predicted molar refractivity (Wildman–Crippen MR) is 61.2 cm³/mol. The normalized spacial score (nSPS) is 38.3. The minimum absolute atomic E-state index is 0.375. The quantitative estimate of drug-likeness (QED) is 0.448. The summed E-state index contributed by atoms with van der Waals surface area (Å²) < 4.78 is 10.7. The first-order chi connectivity index (χ1) is 8.11. The second-order valence-electron chi connectivity index (χ2n) is 4.36. The summed E-state index contributed by atoms with van der Waals surface area (Å²) in [6.07, 6.45) is -0.908. The molecule has 6 heteroatoms. The van der Waals surface area contributed by atoms with Crippen LogP contribution in [0.3, 0.4) is 0 Å². The van der Waals surface area contributed by atoms with E-state index in [1.807, 2.05) is 0 Å². The second kappa shape index (κ2) is 7.25. The number of ether oxygens (including phenoxy) is 2. The molecule has 0 amide bonds. The largest absolute Gasteiger partial charge is 0.394 e. The van der Waals surface area contributed by atoms with Crippen LogP contribution in [0.25, 0.3) is 0 Å². The van der Waals surface area contributed by atoms with E-state index < -0.39 is 30.6 Å². The molecular formula is C11H23NO5. The lowest BCUT2D eigenvalue weighted by molar-refractivity contribution is -0.265. The number of nitrogens with two attached hydrogens (primary N) is 1. The lowest BCUT2D eigenvalue weighted by atomic mass is 9.98. The number of hydrogen-bond donors (Lipinski definition) is 4. The van der Waals surface area contributed by atoms with E-state index in [4.69, 9.17) is 20.3 Å². The van der Waals surface area contributed by atoms with Gasteiger partial charge in [-0.1, -0.05) is 19.8 Å². The van der Waals surface area contributed by atoms with Gasteiger partial charge < -0.3 is 30.5 Å². The Balaban J connectivity index is 2.42. The van der Waals surface area contributed by atoms with Crippen molar-refractivity contribution in [1.82, 2.24) is 0 Å². The molecule has 0 aromatic heterocycles. The number of aliphatic hydroxyl groups excluding tert-OH is 3. The number of unbranched alkanes of at least 4 members (excludes halogenated alkanes) is 2. The molecule has 1 rings (SSSR count). The first-order valence-corrected chi connectivity index (χ1v) is 6.11. The first kappa shape index (κ1) is 14.8. The molecule has 0 spiro atoms. The van der Waals surface area contributed by atoms with Gasteiger partial charge in [0.15, 0.2) is 6.29 Å². The molecular weight excluding hydrogens is 226 g/mol. The minimum atomic E-state index is -1.18. The van der Waals surface area contributed by atoms with Gasteiger partial charge in [0.2, 0.25) is 0 Å². The average molecular weight is 249 g/mol. The summed E-state index contributed by atoms with van der Waals surface area (Å²) in [6, 6.07) is -0.797. The third-order valence-corrected chi connectivity index (χ3v) is 2.96. The van der Waals surface area contributed by atoms with Gasteiger partial charge in [-0.2, -0.15) is 0 Å². The topological polar surface area (TPSA) is 105 Å². The van der Waals surface area contributed by atoms with Crippen LogP contribution in [-0.4, -0.2) is 59.2 Å². The molecule has 0 unspecified atom stereocenters. The lowest BCUT2D eigenvalue weighted by Gasteiger charge is -2.40. The van der Waals surface area contributed by atoms with E-state index in [1.165, 1.54) is 0 Å². The van der Waals surface area contributed by atoms with Gasteiger partial charge in [-0.05, 0) is 6.42 Å². The van der Waals surface area contributed by atoms with Gasteiger partial charge in [0, 0.05) is 6.61 Å². The van der Waals surface area contributed by atoms with Crippen molar-refractivity contribution in [1.29, 1.82) is 0 Å². The van der Waals surface area contributed by atoms with Crippen molar-refractivity contribution >= 4 is 0 Å². The molecule has 1 heterocycles. The minimum Gasteiger partial charge on any atom is -0.394 e.